The third kappa shape index (κ3) is 3.29. The van der Waals surface area contributed by atoms with Crippen LogP contribution in [0.5, 0.6) is 0 Å². The summed E-state index contributed by atoms with van der Waals surface area (Å²) in [7, 11) is 0. The van der Waals surface area contributed by atoms with Gasteiger partial charge in [0.05, 0.1) is 11.8 Å². The van der Waals surface area contributed by atoms with E-state index in [9.17, 15) is 5.11 Å². The number of aliphatic hydroxyl groups excluding tert-OH is 1. The van der Waals surface area contributed by atoms with Crippen molar-refractivity contribution in [1.82, 2.24) is 10.3 Å². The maximum absolute atomic E-state index is 9.64. The summed E-state index contributed by atoms with van der Waals surface area (Å²) in [5.41, 5.74) is 2.08. The topological polar surface area (TPSA) is 45.1 Å². The number of aliphatic hydroxyl groups is 1. The van der Waals surface area contributed by atoms with Crippen LogP contribution < -0.4 is 5.32 Å². The molecular weight excluding hydrogens is 188 g/mol. The van der Waals surface area contributed by atoms with Crippen molar-refractivity contribution in [3.8, 4) is 0 Å². The van der Waals surface area contributed by atoms with Gasteiger partial charge in [0, 0.05) is 18.8 Å². The van der Waals surface area contributed by atoms with E-state index in [1.165, 1.54) is 12.8 Å². The Labute approximate surface area is 90.5 Å². The van der Waals surface area contributed by atoms with E-state index in [0.717, 1.165) is 17.9 Å². The zero-order valence-corrected chi connectivity index (χ0v) is 9.11. The van der Waals surface area contributed by atoms with Gasteiger partial charge >= 0.3 is 0 Å². The van der Waals surface area contributed by atoms with Gasteiger partial charge in [0.2, 0.25) is 0 Å². The van der Waals surface area contributed by atoms with Gasteiger partial charge in [-0.1, -0.05) is 6.07 Å². The van der Waals surface area contributed by atoms with Crippen molar-refractivity contribution in [3.63, 3.8) is 0 Å². The zero-order chi connectivity index (χ0) is 10.7. The van der Waals surface area contributed by atoms with E-state index in [1.807, 2.05) is 25.1 Å². The lowest BCUT2D eigenvalue weighted by molar-refractivity contribution is 0.148. The van der Waals surface area contributed by atoms with Crippen LogP contribution in [0.4, 0.5) is 0 Å². The molecule has 1 aromatic rings. The van der Waals surface area contributed by atoms with Gasteiger partial charge in [0.25, 0.3) is 0 Å². The molecule has 1 aliphatic carbocycles. The molecule has 2 N–H and O–H groups in total. The van der Waals surface area contributed by atoms with Crippen molar-refractivity contribution in [1.29, 1.82) is 0 Å². The van der Waals surface area contributed by atoms with Crippen molar-refractivity contribution in [3.05, 3.63) is 29.6 Å². The van der Waals surface area contributed by atoms with E-state index >= 15 is 0 Å². The lowest BCUT2D eigenvalue weighted by Crippen LogP contribution is -2.28. The standard InChI is InChI=1S/C12H18N2O/c1-9-3-2-4-11(14-9)7-13-8-12(15)10-5-6-10/h2-4,10,12-13,15H,5-8H2,1H3. The second-order valence-electron chi connectivity index (χ2n) is 4.31. The summed E-state index contributed by atoms with van der Waals surface area (Å²) in [4.78, 5) is 4.39. The maximum atomic E-state index is 9.64. The predicted octanol–water partition coefficient (Wildman–Crippen LogP) is 1.25. The molecule has 2 rings (SSSR count). The second kappa shape index (κ2) is 4.73. The summed E-state index contributed by atoms with van der Waals surface area (Å²) in [6, 6.07) is 6.00. The molecule has 0 aliphatic heterocycles. The van der Waals surface area contributed by atoms with Crippen LogP contribution >= 0.6 is 0 Å². The van der Waals surface area contributed by atoms with E-state index in [0.29, 0.717) is 12.5 Å². The highest BCUT2D eigenvalue weighted by atomic mass is 16.3. The van der Waals surface area contributed by atoms with E-state index in [4.69, 9.17) is 0 Å². The van der Waals surface area contributed by atoms with Crippen LogP contribution in [-0.4, -0.2) is 22.7 Å². The molecule has 1 unspecified atom stereocenters. The van der Waals surface area contributed by atoms with E-state index in [1.54, 1.807) is 0 Å². The van der Waals surface area contributed by atoms with Gasteiger partial charge < -0.3 is 10.4 Å². The average Bonchev–Trinajstić information content (AvgIpc) is 3.00. The molecule has 1 atom stereocenters. The molecule has 0 amide bonds. The quantitative estimate of drug-likeness (QED) is 0.762. The van der Waals surface area contributed by atoms with Gasteiger partial charge in [-0.05, 0) is 37.8 Å². The predicted molar refractivity (Wildman–Crippen MR) is 59.4 cm³/mol. The Morgan fingerprint density at radius 3 is 3.00 bits per heavy atom. The van der Waals surface area contributed by atoms with Crippen LogP contribution in [0.15, 0.2) is 18.2 Å². The number of rotatable bonds is 5. The molecule has 1 aromatic heterocycles. The first-order valence-electron chi connectivity index (χ1n) is 5.57. The largest absolute Gasteiger partial charge is 0.392 e. The molecule has 1 saturated carbocycles. The molecule has 3 heteroatoms. The Bertz CT molecular complexity index is 323. The fraction of sp³-hybridized carbons (Fsp3) is 0.583. The van der Waals surface area contributed by atoms with E-state index in [-0.39, 0.29) is 6.10 Å². The first-order valence-corrected chi connectivity index (χ1v) is 5.57. The minimum atomic E-state index is -0.171. The van der Waals surface area contributed by atoms with Gasteiger partial charge in [0.15, 0.2) is 0 Å². The summed E-state index contributed by atoms with van der Waals surface area (Å²) in [5, 5.41) is 12.9. The molecule has 0 bridgehead atoms. The number of hydrogen-bond donors (Lipinski definition) is 2. The SMILES string of the molecule is Cc1cccc(CNCC(O)C2CC2)n1. The van der Waals surface area contributed by atoms with Gasteiger partial charge in [-0.25, -0.2) is 0 Å². The number of aryl methyl sites for hydroxylation is 1. The molecule has 15 heavy (non-hydrogen) atoms. The summed E-state index contributed by atoms with van der Waals surface area (Å²) >= 11 is 0. The molecule has 82 valence electrons. The zero-order valence-electron chi connectivity index (χ0n) is 9.11. The Hall–Kier alpha value is -0.930. The Balaban J connectivity index is 1.73. The van der Waals surface area contributed by atoms with Crippen molar-refractivity contribution in [2.75, 3.05) is 6.54 Å². The summed E-state index contributed by atoms with van der Waals surface area (Å²) in [5.74, 6) is 0.544. The first-order chi connectivity index (χ1) is 7.25. The van der Waals surface area contributed by atoms with Crippen LogP contribution in [0.3, 0.4) is 0 Å². The molecule has 0 radical (unpaired) electrons. The highest BCUT2D eigenvalue weighted by Crippen LogP contribution is 2.32. The van der Waals surface area contributed by atoms with Crippen LogP contribution in [0, 0.1) is 12.8 Å². The molecule has 0 saturated heterocycles. The smallest absolute Gasteiger partial charge is 0.0692 e. The average molecular weight is 206 g/mol. The lowest BCUT2D eigenvalue weighted by Gasteiger charge is -2.10. The monoisotopic (exact) mass is 206 g/mol. The Morgan fingerprint density at radius 1 is 1.53 bits per heavy atom. The summed E-state index contributed by atoms with van der Waals surface area (Å²) in [6.07, 6.45) is 2.20. The first kappa shape index (κ1) is 10.6. The van der Waals surface area contributed by atoms with Gasteiger partial charge in [-0.2, -0.15) is 0 Å². The highest BCUT2D eigenvalue weighted by Gasteiger charge is 2.28. The fourth-order valence-electron chi connectivity index (χ4n) is 1.69. The van der Waals surface area contributed by atoms with Gasteiger partial charge in [-0.3, -0.25) is 4.98 Å². The van der Waals surface area contributed by atoms with Crippen molar-refractivity contribution < 1.29 is 5.11 Å². The molecule has 1 heterocycles. The molecule has 3 nitrogen and oxygen atoms in total. The van der Waals surface area contributed by atoms with Crippen molar-refractivity contribution in [2.45, 2.75) is 32.4 Å². The third-order valence-electron chi connectivity index (χ3n) is 2.77. The maximum Gasteiger partial charge on any atom is 0.0692 e. The third-order valence-corrected chi connectivity index (χ3v) is 2.77. The number of nitrogens with one attached hydrogen (secondary N) is 1. The number of hydrogen-bond acceptors (Lipinski definition) is 3. The van der Waals surface area contributed by atoms with Crippen LogP contribution in [-0.2, 0) is 6.54 Å². The minimum absolute atomic E-state index is 0.171. The van der Waals surface area contributed by atoms with Gasteiger partial charge in [-0.15, -0.1) is 0 Å². The molecule has 0 spiro atoms. The minimum Gasteiger partial charge on any atom is -0.392 e. The summed E-state index contributed by atoms with van der Waals surface area (Å²) < 4.78 is 0. The molecule has 1 fully saturated rings. The second-order valence-corrected chi connectivity index (χ2v) is 4.31. The molecule has 1 aliphatic rings. The number of aromatic nitrogens is 1. The van der Waals surface area contributed by atoms with E-state index < -0.39 is 0 Å². The fourth-order valence-corrected chi connectivity index (χ4v) is 1.69. The number of pyridine rings is 1. The molecule has 0 aromatic carbocycles. The highest BCUT2D eigenvalue weighted by molar-refractivity contribution is 5.09. The lowest BCUT2D eigenvalue weighted by atomic mass is 10.2. The number of nitrogens with zero attached hydrogens (tertiary/aromatic N) is 1. The Morgan fingerprint density at radius 2 is 2.33 bits per heavy atom. The van der Waals surface area contributed by atoms with Crippen molar-refractivity contribution >= 4 is 0 Å². The summed E-state index contributed by atoms with van der Waals surface area (Å²) in [6.45, 7) is 3.41. The van der Waals surface area contributed by atoms with Crippen molar-refractivity contribution in [2.24, 2.45) is 5.92 Å². The van der Waals surface area contributed by atoms with Gasteiger partial charge in [0.1, 0.15) is 0 Å². The van der Waals surface area contributed by atoms with Crippen LogP contribution in [0.25, 0.3) is 0 Å². The van der Waals surface area contributed by atoms with Crippen LogP contribution in [0.2, 0.25) is 0 Å². The molecular formula is C12H18N2O. The normalized spacial score (nSPS) is 17.7. The Kier molecular flexibility index (Phi) is 3.34. The van der Waals surface area contributed by atoms with Crippen LogP contribution in [0.1, 0.15) is 24.2 Å². The van der Waals surface area contributed by atoms with E-state index in [2.05, 4.69) is 10.3 Å².